The van der Waals surface area contributed by atoms with Crippen LogP contribution in [-0.2, 0) is 0 Å². The van der Waals surface area contributed by atoms with Gasteiger partial charge in [-0.05, 0) is 43.4 Å². The molecule has 2 rings (SSSR count). The zero-order chi connectivity index (χ0) is 13.7. The van der Waals surface area contributed by atoms with Crippen LogP contribution in [0.25, 0.3) is 0 Å². The van der Waals surface area contributed by atoms with Crippen molar-refractivity contribution in [3.8, 4) is 5.75 Å². The second-order valence-corrected chi connectivity index (χ2v) is 4.59. The highest BCUT2D eigenvalue weighted by molar-refractivity contribution is 7.80. The second-order valence-electron chi connectivity index (χ2n) is 4.18. The van der Waals surface area contributed by atoms with Gasteiger partial charge in [0.25, 0.3) is 0 Å². The van der Waals surface area contributed by atoms with Crippen molar-refractivity contribution in [3.63, 3.8) is 0 Å². The first-order valence-electron chi connectivity index (χ1n) is 5.96. The van der Waals surface area contributed by atoms with E-state index in [0.717, 1.165) is 17.1 Å². The number of rotatable bonds is 3. The van der Waals surface area contributed by atoms with Gasteiger partial charge in [-0.2, -0.15) is 0 Å². The third-order valence-corrected chi connectivity index (χ3v) is 2.84. The topological polar surface area (TPSA) is 33.3 Å². The number of nitrogens with one attached hydrogen (secondary N) is 2. The molecule has 0 aliphatic heterocycles. The SMILES string of the molecule is COc1cccc(NC(=S)Nc2ccc(C)cc2)c1. The lowest BCUT2D eigenvalue weighted by atomic mass is 10.2. The van der Waals surface area contributed by atoms with Gasteiger partial charge in [-0.15, -0.1) is 0 Å². The third kappa shape index (κ3) is 3.96. The highest BCUT2D eigenvalue weighted by Crippen LogP contribution is 2.17. The Balaban J connectivity index is 1.99. The molecular weight excluding hydrogens is 256 g/mol. The average Bonchev–Trinajstić information content (AvgIpc) is 2.41. The van der Waals surface area contributed by atoms with Crippen LogP contribution in [-0.4, -0.2) is 12.2 Å². The Morgan fingerprint density at radius 3 is 2.37 bits per heavy atom. The van der Waals surface area contributed by atoms with Crippen LogP contribution in [0.15, 0.2) is 48.5 Å². The Hall–Kier alpha value is -2.07. The van der Waals surface area contributed by atoms with Crippen LogP contribution in [0.1, 0.15) is 5.56 Å². The summed E-state index contributed by atoms with van der Waals surface area (Å²) in [6.45, 7) is 2.05. The molecule has 2 aromatic carbocycles. The largest absolute Gasteiger partial charge is 0.497 e. The number of aryl methyl sites for hydroxylation is 1. The van der Waals surface area contributed by atoms with Gasteiger partial charge in [0.1, 0.15) is 5.75 Å². The maximum atomic E-state index is 5.27. The predicted molar refractivity (Wildman–Crippen MR) is 84.0 cm³/mol. The Labute approximate surface area is 118 Å². The molecule has 0 amide bonds. The summed E-state index contributed by atoms with van der Waals surface area (Å²) in [4.78, 5) is 0. The first kappa shape index (κ1) is 13.4. The Morgan fingerprint density at radius 1 is 1.00 bits per heavy atom. The maximum absolute atomic E-state index is 5.27. The standard InChI is InChI=1S/C15H16N2OS/c1-11-6-8-12(9-7-11)16-15(19)17-13-4-3-5-14(10-13)18-2/h3-10H,1-2H3,(H2,16,17,19). The second kappa shape index (κ2) is 6.20. The van der Waals surface area contributed by atoms with E-state index in [1.54, 1.807) is 7.11 Å². The first-order chi connectivity index (χ1) is 9.17. The summed E-state index contributed by atoms with van der Waals surface area (Å²) in [5, 5.41) is 6.81. The van der Waals surface area contributed by atoms with Crippen molar-refractivity contribution in [3.05, 3.63) is 54.1 Å². The summed E-state index contributed by atoms with van der Waals surface area (Å²) in [6.07, 6.45) is 0. The third-order valence-electron chi connectivity index (χ3n) is 2.64. The fourth-order valence-corrected chi connectivity index (χ4v) is 1.87. The number of benzene rings is 2. The van der Waals surface area contributed by atoms with E-state index in [1.165, 1.54) is 5.56 Å². The molecule has 0 spiro atoms. The number of thiocarbonyl (C=S) groups is 1. The fourth-order valence-electron chi connectivity index (χ4n) is 1.63. The molecule has 3 nitrogen and oxygen atoms in total. The van der Waals surface area contributed by atoms with Crippen molar-refractivity contribution in [1.29, 1.82) is 0 Å². The van der Waals surface area contributed by atoms with E-state index in [0.29, 0.717) is 5.11 Å². The van der Waals surface area contributed by atoms with Gasteiger partial charge in [-0.3, -0.25) is 0 Å². The minimum atomic E-state index is 0.553. The number of hydrogen-bond donors (Lipinski definition) is 2. The summed E-state index contributed by atoms with van der Waals surface area (Å²) in [7, 11) is 1.64. The van der Waals surface area contributed by atoms with Crippen LogP contribution in [0.4, 0.5) is 11.4 Å². The van der Waals surface area contributed by atoms with Crippen molar-refractivity contribution in [2.45, 2.75) is 6.92 Å². The molecule has 0 unspecified atom stereocenters. The molecule has 0 aromatic heterocycles. The zero-order valence-electron chi connectivity index (χ0n) is 10.9. The molecule has 0 aliphatic rings. The number of anilines is 2. The molecule has 0 bridgehead atoms. The van der Waals surface area contributed by atoms with Gasteiger partial charge in [0.2, 0.25) is 0 Å². The van der Waals surface area contributed by atoms with Crippen LogP contribution in [0, 0.1) is 6.92 Å². The van der Waals surface area contributed by atoms with Gasteiger partial charge in [0.15, 0.2) is 5.11 Å². The van der Waals surface area contributed by atoms with Crippen molar-refractivity contribution in [1.82, 2.24) is 0 Å². The molecule has 98 valence electrons. The molecule has 2 aromatic rings. The molecule has 0 atom stereocenters. The fraction of sp³-hybridized carbons (Fsp3) is 0.133. The summed E-state index contributed by atoms with van der Waals surface area (Å²) in [5.74, 6) is 0.795. The van der Waals surface area contributed by atoms with Crippen LogP contribution < -0.4 is 15.4 Å². The van der Waals surface area contributed by atoms with Gasteiger partial charge in [-0.1, -0.05) is 23.8 Å². The van der Waals surface area contributed by atoms with E-state index in [1.807, 2.05) is 48.5 Å². The number of methoxy groups -OCH3 is 1. The minimum Gasteiger partial charge on any atom is -0.497 e. The van der Waals surface area contributed by atoms with Crippen LogP contribution in [0.3, 0.4) is 0 Å². The lowest BCUT2D eigenvalue weighted by Gasteiger charge is -2.11. The van der Waals surface area contributed by atoms with E-state index in [4.69, 9.17) is 17.0 Å². The van der Waals surface area contributed by atoms with Gasteiger partial charge < -0.3 is 15.4 Å². The zero-order valence-corrected chi connectivity index (χ0v) is 11.8. The molecule has 19 heavy (non-hydrogen) atoms. The molecule has 0 heterocycles. The van der Waals surface area contributed by atoms with Crippen molar-refractivity contribution >= 4 is 28.7 Å². The lowest BCUT2D eigenvalue weighted by molar-refractivity contribution is 0.415. The lowest BCUT2D eigenvalue weighted by Crippen LogP contribution is -2.18. The van der Waals surface area contributed by atoms with E-state index < -0.39 is 0 Å². The molecule has 0 fully saturated rings. The maximum Gasteiger partial charge on any atom is 0.175 e. The highest BCUT2D eigenvalue weighted by atomic mass is 32.1. The molecule has 0 aliphatic carbocycles. The van der Waals surface area contributed by atoms with E-state index in [9.17, 15) is 0 Å². The summed E-state index contributed by atoms with van der Waals surface area (Å²) in [5.41, 5.74) is 3.08. The highest BCUT2D eigenvalue weighted by Gasteiger charge is 2.00. The smallest absolute Gasteiger partial charge is 0.175 e. The van der Waals surface area contributed by atoms with Gasteiger partial charge >= 0.3 is 0 Å². The van der Waals surface area contributed by atoms with Gasteiger partial charge in [0, 0.05) is 17.4 Å². The number of hydrogen-bond acceptors (Lipinski definition) is 2. The molecule has 4 heteroatoms. The Kier molecular flexibility index (Phi) is 4.36. The van der Waals surface area contributed by atoms with Crippen molar-refractivity contribution < 1.29 is 4.74 Å². The predicted octanol–water partition coefficient (Wildman–Crippen LogP) is 3.81. The first-order valence-corrected chi connectivity index (χ1v) is 6.37. The van der Waals surface area contributed by atoms with E-state index in [-0.39, 0.29) is 0 Å². The van der Waals surface area contributed by atoms with Crippen LogP contribution in [0.2, 0.25) is 0 Å². The van der Waals surface area contributed by atoms with Gasteiger partial charge in [0.05, 0.1) is 7.11 Å². The van der Waals surface area contributed by atoms with Crippen molar-refractivity contribution in [2.75, 3.05) is 17.7 Å². The molecule has 2 N–H and O–H groups in total. The average molecular weight is 272 g/mol. The van der Waals surface area contributed by atoms with E-state index in [2.05, 4.69) is 17.6 Å². The summed E-state index contributed by atoms with van der Waals surface area (Å²) in [6, 6.07) is 15.7. The Bertz CT molecular complexity index is 567. The molecule has 0 saturated carbocycles. The summed E-state index contributed by atoms with van der Waals surface area (Å²) >= 11 is 5.27. The Morgan fingerprint density at radius 2 is 1.68 bits per heavy atom. The number of ether oxygens (including phenoxy) is 1. The van der Waals surface area contributed by atoms with Crippen molar-refractivity contribution in [2.24, 2.45) is 0 Å². The molecule has 0 radical (unpaired) electrons. The quantitative estimate of drug-likeness (QED) is 0.832. The molecule has 0 saturated heterocycles. The van der Waals surface area contributed by atoms with Crippen LogP contribution >= 0.6 is 12.2 Å². The van der Waals surface area contributed by atoms with Crippen LogP contribution in [0.5, 0.6) is 5.75 Å². The molecular formula is C15H16N2OS. The monoisotopic (exact) mass is 272 g/mol. The minimum absolute atomic E-state index is 0.553. The van der Waals surface area contributed by atoms with E-state index >= 15 is 0 Å². The normalized spacial score (nSPS) is 9.79. The van der Waals surface area contributed by atoms with Gasteiger partial charge in [-0.25, -0.2) is 0 Å². The summed E-state index contributed by atoms with van der Waals surface area (Å²) < 4.78 is 5.16.